The van der Waals surface area contributed by atoms with Crippen LogP contribution in [0.4, 0.5) is 0 Å². The van der Waals surface area contributed by atoms with E-state index in [9.17, 15) is 0 Å². The highest BCUT2D eigenvalue weighted by Gasteiger charge is 2.05. The van der Waals surface area contributed by atoms with Gasteiger partial charge < -0.3 is 0 Å². The van der Waals surface area contributed by atoms with E-state index in [1.165, 1.54) is 0 Å². The largest absolute Gasteiger partial charge is 0.0837 e. The molecule has 0 aliphatic rings. The lowest BCUT2D eigenvalue weighted by Crippen LogP contribution is -1.79. The van der Waals surface area contributed by atoms with Crippen LogP contribution in [0.5, 0.6) is 0 Å². The predicted molar refractivity (Wildman–Crippen MR) is 60.7 cm³/mol. The lowest BCUT2D eigenvalue weighted by atomic mass is 10.1. The molecule has 0 heterocycles. The maximum atomic E-state index is 6.06. The molecule has 69 valence electrons. The molecule has 0 N–H and O–H groups in total. The molecule has 0 fully saturated rings. The van der Waals surface area contributed by atoms with Gasteiger partial charge in [0.15, 0.2) is 0 Å². The van der Waals surface area contributed by atoms with Crippen LogP contribution in [0.25, 0.3) is 11.1 Å². The van der Waals surface area contributed by atoms with Crippen molar-refractivity contribution in [3.05, 3.63) is 58.6 Å². The van der Waals surface area contributed by atoms with Crippen LogP contribution in [-0.2, 0) is 0 Å². The Hall–Kier alpha value is -0.980. The molecular formula is C12H7Cl2. The second-order valence-corrected chi connectivity index (χ2v) is 3.70. The minimum Gasteiger partial charge on any atom is -0.0837 e. The average Bonchev–Trinajstić information content (AvgIpc) is 2.20. The zero-order valence-corrected chi connectivity index (χ0v) is 8.81. The number of benzene rings is 2. The van der Waals surface area contributed by atoms with Crippen LogP contribution < -0.4 is 0 Å². The lowest BCUT2D eigenvalue weighted by molar-refractivity contribution is 1.61. The molecule has 0 aliphatic carbocycles. The molecule has 1 radical (unpaired) electrons. The summed E-state index contributed by atoms with van der Waals surface area (Å²) in [5, 5.41) is 1.38. The molecular weight excluding hydrogens is 215 g/mol. The molecule has 0 amide bonds. The predicted octanol–water partition coefficient (Wildman–Crippen LogP) is 4.46. The van der Waals surface area contributed by atoms with Crippen molar-refractivity contribution in [3.63, 3.8) is 0 Å². The fraction of sp³-hybridized carbons (Fsp3) is 0. The SMILES string of the molecule is Clc1c[c]ccc1-c1ccccc1Cl. The zero-order chi connectivity index (χ0) is 9.97. The van der Waals surface area contributed by atoms with E-state index in [-0.39, 0.29) is 0 Å². The molecule has 0 saturated heterocycles. The Kier molecular flexibility index (Phi) is 2.76. The maximum absolute atomic E-state index is 6.06. The summed E-state index contributed by atoms with van der Waals surface area (Å²) < 4.78 is 0. The van der Waals surface area contributed by atoms with E-state index in [0.29, 0.717) is 10.0 Å². The van der Waals surface area contributed by atoms with Crippen molar-refractivity contribution in [1.82, 2.24) is 0 Å². The first-order chi connectivity index (χ1) is 6.79. The minimum atomic E-state index is 0.667. The molecule has 2 aromatic rings. The summed E-state index contributed by atoms with van der Waals surface area (Å²) in [5.41, 5.74) is 1.89. The molecule has 0 unspecified atom stereocenters. The molecule has 0 spiro atoms. The van der Waals surface area contributed by atoms with Gasteiger partial charge in [-0.25, -0.2) is 0 Å². The van der Waals surface area contributed by atoms with Gasteiger partial charge in [-0.1, -0.05) is 53.5 Å². The summed E-state index contributed by atoms with van der Waals surface area (Å²) in [6.45, 7) is 0. The average molecular weight is 222 g/mol. The number of hydrogen-bond acceptors (Lipinski definition) is 0. The van der Waals surface area contributed by atoms with Crippen molar-refractivity contribution >= 4 is 23.2 Å². The molecule has 0 bridgehead atoms. The fourth-order valence-corrected chi connectivity index (χ4v) is 1.77. The molecule has 0 atom stereocenters. The Morgan fingerprint density at radius 3 is 2.29 bits per heavy atom. The third-order valence-electron chi connectivity index (χ3n) is 1.98. The van der Waals surface area contributed by atoms with Crippen LogP contribution in [0.1, 0.15) is 0 Å². The topological polar surface area (TPSA) is 0 Å². The molecule has 0 aromatic heterocycles. The van der Waals surface area contributed by atoms with Crippen molar-refractivity contribution in [3.8, 4) is 11.1 Å². The van der Waals surface area contributed by atoms with Gasteiger partial charge in [-0.15, -0.1) is 0 Å². The van der Waals surface area contributed by atoms with Crippen LogP contribution in [0.2, 0.25) is 10.0 Å². The minimum absolute atomic E-state index is 0.667. The standard InChI is InChI=1S/C12H7Cl2/c13-11-7-3-1-5-9(11)10-6-2-4-8-12(10)14/h1-3,5-8H. The Balaban J connectivity index is 2.61. The van der Waals surface area contributed by atoms with Crippen LogP contribution >= 0.6 is 23.2 Å². The Labute approximate surface area is 93.1 Å². The van der Waals surface area contributed by atoms with Crippen LogP contribution in [0.3, 0.4) is 0 Å². The van der Waals surface area contributed by atoms with E-state index in [1.54, 1.807) is 6.07 Å². The number of rotatable bonds is 1. The fourth-order valence-electron chi connectivity index (χ4n) is 1.31. The van der Waals surface area contributed by atoms with Crippen LogP contribution in [-0.4, -0.2) is 0 Å². The van der Waals surface area contributed by atoms with Gasteiger partial charge >= 0.3 is 0 Å². The van der Waals surface area contributed by atoms with E-state index in [0.717, 1.165) is 11.1 Å². The third-order valence-corrected chi connectivity index (χ3v) is 2.62. The highest BCUT2D eigenvalue weighted by Crippen LogP contribution is 2.32. The summed E-state index contributed by atoms with van der Waals surface area (Å²) in [4.78, 5) is 0. The van der Waals surface area contributed by atoms with Crippen LogP contribution in [0, 0.1) is 6.07 Å². The first-order valence-electron chi connectivity index (χ1n) is 4.19. The monoisotopic (exact) mass is 221 g/mol. The van der Waals surface area contributed by atoms with Gasteiger partial charge in [0.05, 0.1) is 0 Å². The van der Waals surface area contributed by atoms with Crippen molar-refractivity contribution < 1.29 is 0 Å². The molecule has 0 aliphatic heterocycles. The lowest BCUT2D eigenvalue weighted by Gasteiger charge is -2.05. The second-order valence-electron chi connectivity index (χ2n) is 2.89. The number of halogens is 2. The van der Waals surface area contributed by atoms with E-state index in [2.05, 4.69) is 6.07 Å². The van der Waals surface area contributed by atoms with Crippen molar-refractivity contribution in [2.75, 3.05) is 0 Å². The molecule has 2 rings (SSSR count). The third kappa shape index (κ3) is 1.77. The van der Waals surface area contributed by atoms with Gasteiger partial charge in [0, 0.05) is 21.2 Å². The highest BCUT2D eigenvalue weighted by molar-refractivity contribution is 6.36. The first-order valence-corrected chi connectivity index (χ1v) is 4.95. The van der Waals surface area contributed by atoms with Gasteiger partial charge in [-0.3, -0.25) is 0 Å². The van der Waals surface area contributed by atoms with Crippen LogP contribution in [0.15, 0.2) is 42.5 Å². The van der Waals surface area contributed by atoms with Gasteiger partial charge in [0.1, 0.15) is 0 Å². The number of hydrogen-bond donors (Lipinski definition) is 0. The van der Waals surface area contributed by atoms with Crippen molar-refractivity contribution in [1.29, 1.82) is 0 Å². The normalized spacial score (nSPS) is 10.1. The van der Waals surface area contributed by atoms with Gasteiger partial charge in [-0.2, -0.15) is 0 Å². The Morgan fingerprint density at radius 1 is 0.857 bits per heavy atom. The molecule has 2 heteroatoms. The Morgan fingerprint density at radius 2 is 1.57 bits per heavy atom. The van der Waals surface area contributed by atoms with Crippen molar-refractivity contribution in [2.24, 2.45) is 0 Å². The molecule has 2 aromatic carbocycles. The van der Waals surface area contributed by atoms with E-state index >= 15 is 0 Å². The van der Waals surface area contributed by atoms with Gasteiger partial charge in [0.25, 0.3) is 0 Å². The van der Waals surface area contributed by atoms with Gasteiger partial charge in [0.2, 0.25) is 0 Å². The first kappa shape index (κ1) is 9.57. The molecule has 0 saturated carbocycles. The van der Waals surface area contributed by atoms with Gasteiger partial charge in [-0.05, 0) is 18.2 Å². The summed E-state index contributed by atoms with van der Waals surface area (Å²) in [6, 6.07) is 16.0. The zero-order valence-electron chi connectivity index (χ0n) is 7.30. The van der Waals surface area contributed by atoms with E-state index < -0.39 is 0 Å². The molecule has 0 nitrogen and oxygen atoms in total. The second kappa shape index (κ2) is 4.04. The summed E-state index contributed by atoms with van der Waals surface area (Å²) in [7, 11) is 0. The maximum Gasteiger partial charge on any atom is 0.0491 e. The smallest absolute Gasteiger partial charge is 0.0491 e. The van der Waals surface area contributed by atoms with E-state index in [4.69, 9.17) is 23.2 Å². The summed E-state index contributed by atoms with van der Waals surface area (Å²) >= 11 is 12.1. The summed E-state index contributed by atoms with van der Waals surface area (Å²) in [6.07, 6.45) is 0. The summed E-state index contributed by atoms with van der Waals surface area (Å²) in [5.74, 6) is 0. The Bertz CT molecular complexity index is 406. The van der Waals surface area contributed by atoms with Crippen molar-refractivity contribution in [2.45, 2.75) is 0 Å². The highest BCUT2D eigenvalue weighted by atomic mass is 35.5. The molecule has 14 heavy (non-hydrogen) atoms. The van der Waals surface area contributed by atoms with E-state index in [1.807, 2.05) is 36.4 Å². The quantitative estimate of drug-likeness (QED) is 0.668.